The molecule has 2 rings (SSSR count). The van der Waals surface area contributed by atoms with E-state index in [-0.39, 0.29) is 0 Å². The van der Waals surface area contributed by atoms with Crippen LogP contribution in [0.4, 0.5) is 8.78 Å². The molecule has 0 bridgehead atoms. The Hall–Kier alpha value is -0.670. The normalized spacial score (nSPS) is 17.9. The van der Waals surface area contributed by atoms with Crippen molar-refractivity contribution in [1.29, 1.82) is 0 Å². The Kier molecular flexibility index (Phi) is 6.00. The van der Waals surface area contributed by atoms with Crippen molar-refractivity contribution >= 4 is 11.6 Å². The van der Waals surface area contributed by atoms with Gasteiger partial charge in [0.1, 0.15) is 0 Å². The van der Waals surface area contributed by atoms with Crippen LogP contribution in [-0.2, 0) is 6.42 Å². The summed E-state index contributed by atoms with van der Waals surface area (Å²) in [7, 11) is 1.97. The molecule has 21 heavy (non-hydrogen) atoms. The van der Waals surface area contributed by atoms with E-state index < -0.39 is 11.6 Å². The Morgan fingerprint density at radius 3 is 2.43 bits per heavy atom. The summed E-state index contributed by atoms with van der Waals surface area (Å²) in [5, 5.41) is 3.57. The third-order valence-electron chi connectivity index (χ3n) is 4.83. The first-order valence-electron chi connectivity index (χ1n) is 7.84. The number of halogens is 3. The van der Waals surface area contributed by atoms with Crippen LogP contribution < -0.4 is 5.32 Å². The van der Waals surface area contributed by atoms with Crippen LogP contribution in [0, 0.1) is 17.0 Å². The van der Waals surface area contributed by atoms with Crippen LogP contribution in [0.5, 0.6) is 0 Å². The number of hydrogen-bond acceptors (Lipinski definition) is 1. The van der Waals surface area contributed by atoms with E-state index >= 15 is 0 Å². The second-order valence-corrected chi connectivity index (χ2v) is 6.68. The van der Waals surface area contributed by atoms with Crippen molar-refractivity contribution in [2.45, 2.75) is 51.4 Å². The molecule has 1 N–H and O–H groups in total. The summed E-state index contributed by atoms with van der Waals surface area (Å²) in [6.07, 6.45) is 9.19. The molecule has 0 saturated heterocycles. The topological polar surface area (TPSA) is 12.0 Å². The van der Waals surface area contributed by atoms with Crippen LogP contribution in [0.1, 0.15) is 50.5 Å². The quantitative estimate of drug-likeness (QED) is 0.719. The van der Waals surface area contributed by atoms with Crippen molar-refractivity contribution in [2.24, 2.45) is 5.41 Å². The fraction of sp³-hybridized carbons (Fsp3) is 0.647. The number of rotatable bonds is 6. The number of aryl methyl sites for hydroxylation is 1. The van der Waals surface area contributed by atoms with Crippen LogP contribution in [0.25, 0.3) is 0 Å². The minimum atomic E-state index is -0.869. The van der Waals surface area contributed by atoms with Crippen LogP contribution in [-0.4, -0.2) is 13.6 Å². The lowest BCUT2D eigenvalue weighted by Crippen LogP contribution is -2.29. The highest BCUT2D eigenvalue weighted by atomic mass is 35.5. The van der Waals surface area contributed by atoms with Gasteiger partial charge in [0.15, 0.2) is 11.6 Å². The molecule has 0 radical (unpaired) electrons. The van der Waals surface area contributed by atoms with Crippen LogP contribution >= 0.6 is 11.6 Å². The van der Waals surface area contributed by atoms with Crippen molar-refractivity contribution in [3.05, 3.63) is 34.4 Å². The molecule has 0 unspecified atom stereocenters. The van der Waals surface area contributed by atoms with E-state index in [4.69, 9.17) is 11.6 Å². The zero-order valence-electron chi connectivity index (χ0n) is 12.7. The minimum absolute atomic E-state index is 0.329. The van der Waals surface area contributed by atoms with Gasteiger partial charge >= 0.3 is 0 Å². The Morgan fingerprint density at radius 2 is 1.76 bits per heavy atom. The van der Waals surface area contributed by atoms with E-state index in [1.807, 2.05) is 7.05 Å². The van der Waals surface area contributed by atoms with Gasteiger partial charge in [0, 0.05) is 5.02 Å². The molecule has 0 atom stereocenters. The maximum atomic E-state index is 13.4. The van der Waals surface area contributed by atoms with Crippen LogP contribution in [0.15, 0.2) is 12.1 Å². The van der Waals surface area contributed by atoms with E-state index in [9.17, 15) is 8.78 Å². The van der Waals surface area contributed by atoms with Crippen molar-refractivity contribution in [2.75, 3.05) is 13.6 Å². The molecule has 1 fully saturated rings. The summed E-state index contributed by atoms with van der Waals surface area (Å²) in [6.45, 7) is 1.01. The van der Waals surface area contributed by atoms with Gasteiger partial charge in [-0.2, -0.15) is 0 Å². The molecular weight excluding hydrogens is 292 g/mol. The summed E-state index contributed by atoms with van der Waals surface area (Å²) in [4.78, 5) is 0. The standard InChI is InChI=1S/C17H24ClF2N/c1-21-10-9-17(6-3-2-4-7-17)8-5-13-11-15(19)16(20)12-14(13)18/h11-12,21H,2-10H2,1H3. The summed E-state index contributed by atoms with van der Waals surface area (Å²) >= 11 is 6.05. The molecule has 118 valence electrons. The maximum Gasteiger partial charge on any atom is 0.160 e. The molecule has 1 aliphatic carbocycles. The highest BCUT2D eigenvalue weighted by Crippen LogP contribution is 2.43. The highest BCUT2D eigenvalue weighted by molar-refractivity contribution is 6.31. The van der Waals surface area contributed by atoms with Gasteiger partial charge in [-0.15, -0.1) is 0 Å². The lowest BCUT2D eigenvalue weighted by atomic mass is 9.68. The smallest absolute Gasteiger partial charge is 0.160 e. The fourth-order valence-electron chi connectivity index (χ4n) is 3.47. The molecule has 1 aliphatic rings. The Balaban J connectivity index is 2.06. The van der Waals surface area contributed by atoms with Crippen molar-refractivity contribution in [3.8, 4) is 0 Å². The largest absolute Gasteiger partial charge is 0.320 e. The molecule has 0 aromatic heterocycles. The molecule has 0 heterocycles. The second kappa shape index (κ2) is 7.55. The van der Waals surface area contributed by atoms with Crippen molar-refractivity contribution in [3.63, 3.8) is 0 Å². The van der Waals surface area contributed by atoms with E-state index in [0.717, 1.165) is 37.4 Å². The van der Waals surface area contributed by atoms with Gasteiger partial charge in [-0.25, -0.2) is 8.78 Å². The van der Waals surface area contributed by atoms with E-state index in [2.05, 4.69) is 5.32 Å². The maximum absolute atomic E-state index is 13.4. The molecule has 0 spiro atoms. The molecule has 1 nitrogen and oxygen atoms in total. The Labute approximate surface area is 131 Å². The van der Waals surface area contributed by atoms with Gasteiger partial charge in [-0.1, -0.05) is 30.9 Å². The molecule has 1 aromatic carbocycles. The summed E-state index contributed by atoms with van der Waals surface area (Å²) in [5.74, 6) is -1.67. The van der Waals surface area contributed by atoms with E-state index in [1.54, 1.807) is 0 Å². The van der Waals surface area contributed by atoms with Gasteiger partial charge in [0.05, 0.1) is 0 Å². The number of nitrogens with one attached hydrogen (secondary N) is 1. The third kappa shape index (κ3) is 4.40. The van der Waals surface area contributed by atoms with E-state index in [0.29, 0.717) is 10.4 Å². The van der Waals surface area contributed by atoms with Gasteiger partial charge in [0.2, 0.25) is 0 Å². The number of hydrogen-bond donors (Lipinski definition) is 1. The second-order valence-electron chi connectivity index (χ2n) is 6.27. The molecule has 0 aliphatic heterocycles. The van der Waals surface area contributed by atoms with Crippen molar-refractivity contribution < 1.29 is 8.78 Å². The lowest BCUT2D eigenvalue weighted by Gasteiger charge is -2.38. The van der Waals surface area contributed by atoms with Gasteiger partial charge in [-0.05, 0) is 68.8 Å². The third-order valence-corrected chi connectivity index (χ3v) is 5.19. The Bertz CT molecular complexity index is 470. The molecule has 1 saturated carbocycles. The van der Waals surface area contributed by atoms with Crippen LogP contribution in [0.2, 0.25) is 5.02 Å². The zero-order valence-corrected chi connectivity index (χ0v) is 13.4. The highest BCUT2D eigenvalue weighted by Gasteiger charge is 2.31. The van der Waals surface area contributed by atoms with Gasteiger partial charge in [0.25, 0.3) is 0 Å². The average molecular weight is 316 g/mol. The predicted octanol–water partition coefficient (Wildman–Crippen LogP) is 5.11. The van der Waals surface area contributed by atoms with E-state index in [1.165, 1.54) is 38.2 Å². The first kappa shape index (κ1) is 16.7. The predicted molar refractivity (Wildman–Crippen MR) is 83.8 cm³/mol. The first-order chi connectivity index (χ1) is 10.1. The SMILES string of the molecule is CNCCC1(CCc2cc(F)c(F)cc2Cl)CCCCC1. The summed E-state index contributed by atoms with van der Waals surface area (Å²) in [5.41, 5.74) is 1.06. The zero-order chi connectivity index (χ0) is 15.3. The van der Waals surface area contributed by atoms with Crippen molar-refractivity contribution in [1.82, 2.24) is 5.32 Å². The average Bonchev–Trinajstić information content (AvgIpc) is 2.49. The molecular formula is C17H24ClF2N. The Morgan fingerprint density at radius 1 is 1.10 bits per heavy atom. The minimum Gasteiger partial charge on any atom is -0.320 e. The summed E-state index contributed by atoms with van der Waals surface area (Å²) < 4.78 is 26.5. The molecule has 1 aromatic rings. The first-order valence-corrected chi connectivity index (χ1v) is 8.22. The summed E-state index contributed by atoms with van der Waals surface area (Å²) in [6, 6.07) is 2.35. The lowest BCUT2D eigenvalue weighted by molar-refractivity contribution is 0.157. The molecule has 4 heteroatoms. The van der Waals surface area contributed by atoms with Gasteiger partial charge in [-0.3, -0.25) is 0 Å². The molecule has 0 amide bonds. The number of benzene rings is 1. The fourth-order valence-corrected chi connectivity index (χ4v) is 3.72. The van der Waals surface area contributed by atoms with Crippen LogP contribution in [0.3, 0.4) is 0 Å². The monoisotopic (exact) mass is 315 g/mol. The van der Waals surface area contributed by atoms with Gasteiger partial charge < -0.3 is 5.32 Å².